The third kappa shape index (κ3) is 8.37. The van der Waals surface area contributed by atoms with Crippen LogP contribution < -0.4 is 14.8 Å². The van der Waals surface area contributed by atoms with Crippen LogP contribution in [-0.4, -0.2) is 44.6 Å². The Morgan fingerprint density at radius 3 is 2.27 bits per heavy atom. The van der Waals surface area contributed by atoms with E-state index in [9.17, 15) is 9.90 Å². The molecule has 2 N–H and O–H groups in total. The maximum atomic E-state index is 11.9. The van der Waals surface area contributed by atoms with Gasteiger partial charge in [0.2, 0.25) is 0 Å². The Morgan fingerprint density at radius 1 is 1.03 bits per heavy atom. The Kier molecular flexibility index (Phi) is 9.32. The first-order valence-electron chi connectivity index (χ1n) is 11.3. The van der Waals surface area contributed by atoms with Crippen molar-refractivity contribution in [2.45, 2.75) is 59.1 Å². The number of benzene rings is 2. The van der Waals surface area contributed by atoms with Gasteiger partial charge in [-0.15, -0.1) is 0 Å². The van der Waals surface area contributed by atoms with Gasteiger partial charge < -0.3 is 24.6 Å². The number of rotatable bonds is 11. The molecule has 6 heteroatoms. The first-order valence-corrected chi connectivity index (χ1v) is 11.3. The molecule has 0 spiro atoms. The van der Waals surface area contributed by atoms with Gasteiger partial charge in [-0.05, 0) is 52.6 Å². The third-order valence-electron chi connectivity index (χ3n) is 5.43. The second-order valence-electron chi connectivity index (χ2n) is 10.3. The summed E-state index contributed by atoms with van der Waals surface area (Å²) in [5.41, 5.74) is 2.87. The lowest BCUT2D eigenvalue weighted by atomic mass is 9.72. The second-order valence-corrected chi connectivity index (χ2v) is 10.3. The Hall–Kier alpha value is -2.57. The second kappa shape index (κ2) is 11.5. The highest BCUT2D eigenvalue weighted by Gasteiger charge is 2.27. The number of methoxy groups -OCH3 is 2. The minimum Gasteiger partial charge on any atom is -0.496 e. The normalized spacial score (nSPS) is 12.8. The molecule has 0 saturated heterocycles. The molecule has 0 amide bonds. The lowest BCUT2D eigenvalue weighted by Gasteiger charge is -2.33. The summed E-state index contributed by atoms with van der Waals surface area (Å²) in [6.07, 6.45) is 0.417. The zero-order chi connectivity index (χ0) is 24.6. The van der Waals surface area contributed by atoms with Gasteiger partial charge in [-0.25, -0.2) is 4.79 Å². The monoisotopic (exact) mass is 457 g/mol. The van der Waals surface area contributed by atoms with Crippen LogP contribution in [-0.2, 0) is 16.7 Å². The van der Waals surface area contributed by atoms with E-state index in [1.165, 1.54) is 19.8 Å². The lowest BCUT2D eigenvalue weighted by molar-refractivity contribution is 0.0597. The van der Waals surface area contributed by atoms with Gasteiger partial charge in [0.05, 0.1) is 14.2 Å². The molecule has 33 heavy (non-hydrogen) atoms. The Bertz CT molecular complexity index is 900. The number of carbonyl (C=O) groups is 1. The van der Waals surface area contributed by atoms with Crippen LogP contribution in [0.1, 0.15) is 62.5 Å². The summed E-state index contributed by atoms with van der Waals surface area (Å²) in [6.45, 7) is 12.3. The smallest absolute Gasteiger partial charge is 0.341 e. The minimum absolute atomic E-state index is 0.0788. The molecule has 0 aliphatic rings. The van der Waals surface area contributed by atoms with Crippen molar-refractivity contribution in [2.24, 2.45) is 5.41 Å². The summed E-state index contributed by atoms with van der Waals surface area (Å²) in [6, 6.07) is 13.5. The van der Waals surface area contributed by atoms with Crippen molar-refractivity contribution in [1.29, 1.82) is 0 Å². The van der Waals surface area contributed by atoms with E-state index >= 15 is 0 Å². The van der Waals surface area contributed by atoms with Crippen LogP contribution in [0.15, 0.2) is 42.5 Å². The molecule has 1 unspecified atom stereocenters. The molecule has 1 atom stereocenters. The van der Waals surface area contributed by atoms with E-state index in [0.29, 0.717) is 24.4 Å². The van der Waals surface area contributed by atoms with Crippen LogP contribution in [0.25, 0.3) is 0 Å². The Morgan fingerprint density at radius 2 is 1.70 bits per heavy atom. The van der Waals surface area contributed by atoms with Crippen LogP contribution in [0, 0.1) is 5.41 Å². The van der Waals surface area contributed by atoms with Crippen molar-refractivity contribution in [1.82, 2.24) is 5.32 Å². The molecule has 0 heterocycles. The first-order chi connectivity index (χ1) is 15.4. The molecule has 0 bridgehead atoms. The van der Waals surface area contributed by atoms with Gasteiger partial charge in [0.1, 0.15) is 29.8 Å². The van der Waals surface area contributed by atoms with Crippen molar-refractivity contribution in [3.8, 4) is 11.5 Å². The number of nitrogens with one attached hydrogen (secondary N) is 1. The van der Waals surface area contributed by atoms with E-state index < -0.39 is 12.1 Å². The van der Waals surface area contributed by atoms with Crippen molar-refractivity contribution in [3.05, 3.63) is 59.2 Å². The third-order valence-corrected chi connectivity index (χ3v) is 5.43. The fourth-order valence-electron chi connectivity index (χ4n) is 4.20. The molecule has 2 aromatic rings. The molecule has 0 saturated carbocycles. The highest BCUT2D eigenvalue weighted by Crippen LogP contribution is 2.36. The summed E-state index contributed by atoms with van der Waals surface area (Å²) in [4.78, 5) is 11.9. The van der Waals surface area contributed by atoms with Crippen molar-refractivity contribution in [2.75, 3.05) is 27.4 Å². The fourth-order valence-corrected chi connectivity index (χ4v) is 4.20. The number of carbonyl (C=O) groups excluding carboxylic acids is 1. The molecule has 0 aliphatic heterocycles. The maximum absolute atomic E-state index is 11.9. The Balaban J connectivity index is 1.83. The number of aliphatic hydroxyl groups excluding tert-OH is 1. The van der Waals surface area contributed by atoms with Gasteiger partial charge in [0.25, 0.3) is 0 Å². The van der Waals surface area contributed by atoms with E-state index in [4.69, 9.17) is 14.2 Å². The number of aliphatic hydroxyl groups is 1. The highest BCUT2D eigenvalue weighted by atomic mass is 16.5. The predicted octanol–water partition coefficient (Wildman–Crippen LogP) is 4.73. The van der Waals surface area contributed by atoms with E-state index in [0.717, 1.165) is 17.7 Å². The minimum atomic E-state index is -0.666. The zero-order valence-electron chi connectivity index (χ0n) is 21.0. The van der Waals surface area contributed by atoms with Crippen LogP contribution in [0.3, 0.4) is 0 Å². The lowest BCUT2D eigenvalue weighted by Crippen LogP contribution is -2.31. The molecule has 0 fully saturated rings. The van der Waals surface area contributed by atoms with Gasteiger partial charge in [-0.2, -0.15) is 0 Å². The molecule has 0 aliphatic carbocycles. The van der Waals surface area contributed by atoms with Gasteiger partial charge in [-0.1, -0.05) is 52.8 Å². The summed E-state index contributed by atoms with van der Waals surface area (Å²) in [5, 5.41) is 13.5. The average Bonchev–Trinajstić information content (AvgIpc) is 2.75. The molecule has 2 aromatic carbocycles. The summed E-state index contributed by atoms with van der Waals surface area (Å²) in [5.74, 6) is 0.754. The summed E-state index contributed by atoms with van der Waals surface area (Å²) in [7, 11) is 2.85. The van der Waals surface area contributed by atoms with Crippen molar-refractivity contribution < 1.29 is 24.1 Å². The van der Waals surface area contributed by atoms with Gasteiger partial charge in [-0.3, -0.25) is 0 Å². The van der Waals surface area contributed by atoms with E-state index in [1.54, 1.807) is 12.1 Å². The topological polar surface area (TPSA) is 77.0 Å². The van der Waals surface area contributed by atoms with Crippen molar-refractivity contribution >= 4 is 5.97 Å². The number of hydrogen-bond acceptors (Lipinski definition) is 6. The summed E-state index contributed by atoms with van der Waals surface area (Å²) >= 11 is 0. The van der Waals surface area contributed by atoms with Gasteiger partial charge in [0, 0.05) is 13.1 Å². The molecular formula is C27H39NO5. The number of ether oxygens (including phenoxy) is 3. The molecule has 0 aromatic heterocycles. The van der Waals surface area contributed by atoms with Crippen LogP contribution in [0.2, 0.25) is 0 Å². The van der Waals surface area contributed by atoms with Gasteiger partial charge in [0.15, 0.2) is 0 Å². The Labute approximate surface area is 198 Å². The maximum Gasteiger partial charge on any atom is 0.341 e. The number of hydrogen-bond donors (Lipinski definition) is 2. The quantitative estimate of drug-likeness (QED) is 0.475. The zero-order valence-corrected chi connectivity index (χ0v) is 21.0. The van der Waals surface area contributed by atoms with E-state index in [1.807, 2.05) is 18.2 Å². The first kappa shape index (κ1) is 26.7. The molecule has 2 rings (SSSR count). The van der Waals surface area contributed by atoms with Crippen LogP contribution in [0.5, 0.6) is 11.5 Å². The van der Waals surface area contributed by atoms with Crippen LogP contribution in [0.4, 0.5) is 0 Å². The van der Waals surface area contributed by atoms with Crippen molar-refractivity contribution in [3.63, 3.8) is 0 Å². The molecule has 182 valence electrons. The van der Waals surface area contributed by atoms with Crippen LogP contribution >= 0.6 is 0 Å². The molecule has 6 nitrogen and oxygen atoms in total. The summed E-state index contributed by atoms with van der Waals surface area (Å²) < 4.78 is 15.8. The SMILES string of the molecule is COC(=O)c1cc(CNCC(O)COc2ccc(C(C)(C)CC(C)(C)C)cc2)ccc1OC. The fraction of sp³-hybridized carbons (Fsp3) is 0.519. The average molecular weight is 458 g/mol. The molecular weight excluding hydrogens is 418 g/mol. The predicted molar refractivity (Wildman–Crippen MR) is 131 cm³/mol. The van der Waals surface area contributed by atoms with E-state index in [2.05, 4.69) is 52.1 Å². The van der Waals surface area contributed by atoms with Gasteiger partial charge >= 0.3 is 5.97 Å². The van der Waals surface area contributed by atoms with E-state index in [-0.39, 0.29) is 17.4 Å². The largest absolute Gasteiger partial charge is 0.496 e. The molecule has 0 radical (unpaired) electrons. The number of esters is 1. The standard InChI is InChI=1S/C27H39NO5/c1-26(2,3)18-27(4,5)20-9-11-22(12-10-20)33-17-21(29)16-28-15-19-8-13-24(31-6)23(14-19)25(30)32-7/h8-14,21,28-29H,15-18H2,1-7H3. The highest BCUT2D eigenvalue weighted by molar-refractivity contribution is 5.92.